The van der Waals surface area contributed by atoms with Crippen molar-refractivity contribution >= 4 is 17.2 Å². The Morgan fingerprint density at radius 3 is 2.54 bits per heavy atom. The number of hydrogen-bond donors (Lipinski definition) is 1. The molecule has 1 N–H and O–H groups in total. The zero-order valence-corrected chi connectivity index (χ0v) is 15.7. The van der Waals surface area contributed by atoms with E-state index in [0.29, 0.717) is 22.2 Å². The van der Waals surface area contributed by atoms with Gasteiger partial charge in [-0.3, -0.25) is 4.79 Å². The van der Waals surface area contributed by atoms with Crippen LogP contribution in [-0.2, 0) is 0 Å². The van der Waals surface area contributed by atoms with Gasteiger partial charge in [0, 0.05) is 5.38 Å². The Morgan fingerprint density at radius 1 is 1.08 bits per heavy atom. The molecule has 1 heterocycles. The fraction of sp³-hybridized carbons (Fsp3) is 0.200. The molecule has 2 aromatic carbocycles. The molecule has 0 saturated carbocycles. The van der Waals surface area contributed by atoms with Gasteiger partial charge in [0.05, 0.1) is 25.8 Å². The molecule has 0 aliphatic heterocycles. The van der Waals surface area contributed by atoms with Crippen LogP contribution in [0.3, 0.4) is 0 Å². The van der Waals surface area contributed by atoms with Gasteiger partial charge in [0.15, 0.2) is 11.5 Å². The number of benzene rings is 2. The molecule has 3 aromatic rings. The Hall–Kier alpha value is -2.86. The second-order valence-corrected chi connectivity index (χ2v) is 6.54. The first-order valence-corrected chi connectivity index (χ1v) is 9.04. The van der Waals surface area contributed by atoms with Crippen molar-refractivity contribution in [2.75, 3.05) is 14.2 Å². The van der Waals surface area contributed by atoms with Gasteiger partial charge in [0.1, 0.15) is 10.7 Å². The van der Waals surface area contributed by atoms with Crippen LogP contribution in [-0.4, -0.2) is 25.1 Å². The summed E-state index contributed by atoms with van der Waals surface area (Å²) in [6.45, 7) is 1.95. The SMILES string of the molecule is COc1cccc(-c2nc(C(=O)NC(C)c3ccccc3)cs2)c1OC. The van der Waals surface area contributed by atoms with Gasteiger partial charge in [-0.1, -0.05) is 36.4 Å². The second kappa shape index (κ2) is 8.01. The predicted octanol–water partition coefficient (Wildman–Crippen LogP) is 4.32. The highest BCUT2D eigenvalue weighted by atomic mass is 32.1. The Kier molecular flexibility index (Phi) is 5.53. The van der Waals surface area contributed by atoms with E-state index >= 15 is 0 Å². The van der Waals surface area contributed by atoms with Crippen molar-refractivity contribution in [2.24, 2.45) is 0 Å². The number of rotatable bonds is 6. The average molecular weight is 368 g/mol. The van der Waals surface area contributed by atoms with Crippen LogP contribution in [0.4, 0.5) is 0 Å². The standard InChI is InChI=1S/C20H20N2O3S/c1-13(14-8-5-4-6-9-14)21-19(23)16-12-26-20(22-16)15-10-7-11-17(24-2)18(15)25-3/h4-13H,1-3H3,(H,21,23). The van der Waals surface area contributed by atoms with E-state index in [1.54, 1.807) is 19.6 Å². The Bertz CT molecular complexity index is 893. The third-order valence-electron chi connectivity index (χ3n) is 4.02. The molecule has 3 rings (SSSR count). The first kappa shape index (κ1) is 17.9. The van der Waals surface area contributed by atoms with Crippen molar-refractivity contribution in [1.29, 1.82) is 0 Å². The zero-order valence-electron chi connectivity index (χ0n) is 14.9. The molecular weight excluding hydrogens is 348 g/mol. The molecule has 134 valence electrons. The van der Waals surface area contributed by atoms with Crippen molar-refractivity contribution in [3.8, 4) is 22.1 Å². The van der Waals surface area contributed by atoms with E-state index in [4.69, 9.17) is 9.47 Å². The van der Waals surface area contributed by atoms with E-state index in [-0.39, 0.29) is 11.9 Å². The minimum absolute atomic E-state index is 0.0970. The molecule has 26 heavy (non-hydrogen) atoms. The van der Waals surface area contributed by atoms with Crippen LogP contribution in [0.5, 0.6) is 11.5 Å². The van der Waals surface area contributed by atoms with Crippen molar-refractivity contribution in [3.63, 3.8) is 0 Å². The molecule has 0 bridgehead atoms. The average Bonchev–Trinajstić information content (AvgIpc) is 3.18. The highest BCUT2D eigenvalue weighted by molar-refractivity contribution is 7.13. The Morgan fingerprint density at radius 2 is 1.85 bits per heavy atom. The molecule has 6 heteroatoms. The van der Waals surface area contributed by atoms with Crippen molar-refractivity contribution < 1.29 is 14.3 Å². The Labute approximate surface area is 156 Å². The molecule has 0 spiro atoms. The van der Waals surface area contributed by atoms with Crippen molar-refractivity contribution in [3.05, 3.63) is 65.2 Å². The van der Waals surface area contributed by atoms with E-state index in [1.807, 2.05) is 55.5 Å². The van der Waals surface area contributed by atoms with Crippen LogP contribution in [0.15, 0.2) is 53.9 Å². The number of para-hydroxylation sites is 1. The van der Waals surface area contributed by atoms with Gasteiger partial charge in [0.2, 0.25) is 0 Å². The summed E-state index contributed by atoms with van der Waals surface area (Å²) in [5, 5.41) is 5.44. The van der Waals surface area contributed by atoms with Crippen LogP contribution < -0.4 is 14.8 Å². The molecule has 0 radical (unpaired) electrons. The van der Waals surface area contributed by atoms with Gasteiger partial charge in [0.25, 0.3) is 5.91 Å². The number of hydrogen-bond acceptors (Lipinski definition) is 5. The highest BCUT2D eigenvalue weighted by Gasteiger charge is 2.18. The summed E-state index contributed by atoms with van der Waals surface area (Å²) in [6.07, 6.45) is 0. The molecule has 0 aliphatic carbocycles. The van der Waals surface area contributed by atoms with E-state index in [0.717, 1.165) is 11.1 Å². The van der Waals surface area contributed by atoms with Crippen LogP contribution in [0.1, 0.15) is 29.0 Å². The normalized spacial score (nSPS) is 11.7. The minimum Gasteiger partial charge on any atom is -0.493 e. The molecule has 0 aliphatic rings. The monoisotopic (exact) mass is 368 g/mol. The molecule has 5 nitrogen and oxygen atoms in total. The molecule has 1 unspecified atom stereocenters. The van der Waals surface area contributed by atoms with Crippen LogP contribution in [0, 0.1) is 0 Å². The summed E-state index contributed by atoms with van der Waals surface area (Å²) in [5.41, 5.74) is 2.23. The number of methoxy groups -OCH3 is 2. The first-order valence-electron chi connectivity index (χ1n) is 8.16. The van der Waals surface area contributed by atoms with Crippen LogP contribution in [0.2, 0.25) is 0 Å². The number of nitrogens with one attached hydrogen (secondary N) is 1. The number of carbonyl (C=O) groups is 1. The molecule has 1 amide bonds. The lowest BCUT2D eigenvalue weighted by Gasteiger charge is -2.13. The van der Waals surface area contributed by atoms with Gasteiger partial charge < -0.3 is 14.8 Å². The van der Waals surface area contributed by atoms with Gasteiger partial charge in [-0.25, -0.2) is 4.98 Å². The van der Waals surface area contributed by atoms with Crippen molar-refractivity contribution in [1.82, 2.24) is 10.3 Å². The smallest absolute Gasteiger partial charge is 0.271 e. The summed E-state index contributed by atoms with van der Waals surface area (Å²) < 4.78 is 10.8. The molecule has 0 saturated heterocycles. The maximum Gasteiger partial charge on any atom is 0.271 e. The quantitative estimate of drug-likeness (QED) is 0.704. The Balaban J connectivity index is 1.81. The lowest BCUT2D eigenvalue weighted by molar-refractivity contribution is 0.0935. The molecule has 1 atom stereocenters. The largest absolute Gasteiger partial charge is 0.493 e. The second-order valence-electron chi connectivity index (χ2n) is 5.68. The molecule has 0 fully saturated rings. The van der Waals surface area contributed by atoms with E-state index < -0.39 is 0 Å². The molecular formula is C20H20N2O3S. The summed E-state index contributed by atoms with van der Waals surface area (Å²) >= 11 is 1.40. The van der Waals surface area contributed by atoms with Gasteiger partial charge >= 0.3 is 0 Å². The number of aromatic nitrogens is 1. The maximum absolute atomic E-state index is 12.5. The predicted molar refractivity (Wildman–Crippen MR) is 103 cm³/mol. The third-order valence-corrected chi connectivity index (χ3v) is 4.89. The van der Waals surface area contributed by atoms with Crippen LogP contribution in [0.25, 0.3) is 10.6 Å². The fourth-order valence-corrected chi connectivity index (χ4v) is 3.47. The third kappa shape index (κ3) is 3.70. The first-order chi connectivity index (χ1) is 12.6. The topological polar surface area (TPSA) is 60.5 Å². The van der Waals surface area contributed by atoms with Gasteiger partial charge in [-0.15, -0.1) is 11.3 Å². The van der Waals surface area contributed by atoms with Gasteiger partial charge in [-0.2, -0.15) is 0 Å². The highest BCUT2D eigenvalue weighted by Crippen LogP contribution is 2.38. The number of ether oxygens (including phenoxy) is 2. The fourth-order valence-electron chi connectivity index (χ4n) is 2.65. The lowest BCUT2D eigenvalue weighted by atomic mass is 10.1. The molecule has 1 aromatic heterocycles. The van der Waals surface area contributed by atoms with Gasteiger partial charge in [-0.05, 0) is 24.6 Å². The number of amides is 1. The lowest BCUT2D eigenvalue weighted by Crippen LogP contribution is -2.26. The number of carbonyl (C=O) groups excluding carboxylic acids is 1. The summed E-state index contributed by atoms with van der Waals surface area (Å²) in [5.74, 6) is 1.03. The minimum atomic E-state index is -0.203. The summed E-state index contributed by atoms with van der Waals surface area (Å²) in [4.78, 5) is 17.0. The number of nitrogens with zero attached hydrogens (tertiary/aromatic N) is 1. The summed E-state index contributed by atoms with van der Waals surface area (Å²) in [6, 6.07) is 15.3. The van der Waals surface area contributed by atoms with E-state index in [9.17, 15) is 4.79 Å². The van der Waals surface area contributed by atoms with Crippen LogP contribution >= 0.6 is 11.3 Å². The zero-order chi connectivity index (χ0) is 18.5. The number of thiazole rings is 1. The van der Waals surface area contributed by atoms with Crippen molar-refractivity contribution in [2.45, 2.75) is 13.0 Å². The summed E-state index contributed by atoms with van der Waals surface area (Å²) in [7, 11) is 3.18. The van der Waals surface area contributed by atoms with E-state index in [2.05, 4.69) is 10.3 Å². The van der Waals surface area contributed by atoms with E-state index in [1.165, 1.54) is 11.3 Å². The maximum atomic E-state index is 12.5.